The fourth-order valence-electron chi connectivity index (χ4n) is 2.44. The summed E-state index contributed by atoms with van der Waals surface area (Å²) in [6, 6.07) is 17.9. The summed E-state index contributed by atoms with van der Waals surface area (Å²) in [6.07, 6.45) is 0. The predicted octanol–water partition coefficient (Wildman–Crippen LogP) is 3.27. The monoisotopic (exact) mass is 384 g/mol. The number of hydrogen-bond donors (Lipinski definition) is 2. The summed E-state index contributed by atoms with van der Waals surface area (Å²) in [4.78, 5) is 11.8. The summed E-state index contributed by atoms with van der Waals surface area (Å²) in [7, 11) is 0. The van der Waals surface area contributed by atoms with Gasteiger partial charge in [-0.1, -0.05) is 57.9 Å². The third kappa shape index (κ3) is 3.55. The van der Waals surface area contributed by atoms with Gasteiger partial charge in [0.25, 0.3) is 5.91 Å². The molecule has 0 atom stereocenters. The van der Waals surface area contributed by atoms with Crippen molar-refractivity contribution in [2.75, 3.05) is 0 Å². The summed E-state index contributed by atoms with van der Waals surface area (Å²) < 4.78 is 2.81. The van der Waals surface area contributed by atoms with Crippen LogP contribution in [-0.4, -0.2) is 15.7 Å². The Kier molecular flexibility index (Phi) is 4.78. The van der Waals surface area contributed by atoms with Crippen LogP contribution in [0.1, 0.15) is 21.6 Å². The van der Waals surface area contributed by atoms with Gasteiger partial charge in [0, 0.05) is 4.47 Å². The molecule has 2 aromatic carbocycles. The third-order valence-corrected chi connectivity index (χ3v) is 4.27. The molecule has 1 amide bonds. The molecular formula is C18H17BrN4O. The van der Waals surface area contributed by atoms with E-state index in [0.717, 1.165) is 21.3 Å². The highest BCUT2D eigenvalue weighted by atomic mass is 79.9. The highest BCUT2D eigenvalue weighted by Gasteiger charge is 2.15. The molecule has 3 rings (SSSR count). The molecular weight excluding hydrogens is 368 g/mol. The van der Waals surface area contributed by atoms with Gasteiger partial charge in [-0.3, -0.25) is 14.9 Å². The molecule has 0 saturated carbocycles. The number of nitrogens with two attached hydrogens (primary N) is 1. The van der Waals surface area contributed by atoms with Gasteiger partial charge in [-0.15, -0.1) is 0 Å². The Morgan fingerprint density at radius 2 is 1.83 bits per heavy atom. The number of nitrogens with zero attached hydrogens (tertiary/aromatic N) is 2. The number of hydrazine groups is 1. The summed E-state index contributed by atoms with van der Waals surface area (Å²) in [5.41, 5.74) is 6.59. The van der Waals surface area contributed by atoms with Crippen molar-refractivity contribution in [3.8, 4) is 11.3 Å². The number of halogens is 1. The summed E-state index contributed by atoms with van der Waals surface area (Å²) in [5.74, 6) is 4.83. The molecule has 0 saturated heterocycles. The van der Waals surface area contributed by atoms with E-state index in [1.165, 1.54) is 5.56 Å². The lowest BCUT2D eigenvalue weighted by molar-refractivity contribution is 0.0948. The zero-order valence-corrected chi connectivity index (χ0v) is 14.7. The number of rotatable bonds is 4. The molecule has 0 aliphatic rings. The number of nitrogens with one attached hydrogen (secondary N) is 1. The van der Waals surface area contributed by atoms with Crippen LogP contribution in [0.3, 0.4) is 0 Å². The van der Waals surface area contributed by atoms with E-state index in [-0.39, 0.29) is 0 Å². The van der Waals surface area contributed by atoms with Crippen LogP contribution < -0.4 is 11.3 Å². The number of carbonyl (C=O) groups excluding carboxylic acids is 1. The van der Waals surface area contributed by atoms with Crippen LogP contribution in [0.15, 0.2) is 59.1 Å². The third-order valence-electron chi connectivity index (χ3n) is 3.74. The van der Waals surface area contributed by atoms with Crippen molar-refractivity contribution in [2.45, 2.75) is 13.5 Å². The van der Waals surface area contributed by atoms with Crippen molar-refractivity contribution in [1.82, 2.24) is 15.2 Å². The number of hydrogen-bond acceptors (Lipinski definition) is 3. The van der Waals surface area contributed by atoms with Crippen molar-refractivity contribution in [1.29, 1.82) is 0 Å². The standard InChI is InChI=1S/C18H17BrN4O/c1-12-2-4-13(5-3-12)11-23-17(10-16(22-23)18(24)21-20)14-6-8-15(19)9-7-14/h2-10H,11,20H2,1H3,(H,21,24). The smallest absolute Gasteiger partial charge is 0.285 e. The van der Waals surface area contributed by atoms with Gasteiger partial charge >= 0.3 is 0 Å². The van der Waals surface area contributed by atoms with Gasteiger partial charge < -0.3 is 0 Å². The molecule has 0 spiro atoms. The highest BCUT2D eigenvalue weighted by molar-refractivity contribution is 9.10. The van der Waals surface area contributed by atoms with Crippen LogP contribution in [0.4, 0.5) is 0 Å². The minimum Gasteiger partial charge on any atom is -0.289 e. The van der Waals surface area contributed by atoms with E-state index in [1.807, 2.05) is 28.9 Å². The van der Waals surface area contributed by atoms with E-state index >= 15 is 0 Å². The van der Waals surface area contributed by atoms with E-state index in [0.29, 0.717) is 12.2 Å². The number of aromatic nitrogens is 2. The average molecular weight is 385 g/mol. The maximum atomic E-state index is 11.8. The van der Waals surface area contributed by atoms with Gasteiger partial charge in [0.05, 0.1) is 12.2 Å². The Bertz CT molecular complexity index is 854. The summed E-state index contributed by atoms with van der Waals surface area (Å²) in [6.45, 7) is 2.62. The molecule has 1 heterocycles. The quantitative estimate of drug-likeness (QED) is 0.411. The zero-order chi connectivity index (χ0) is 17.1. The van der Waals surface area contributed by atoms with Crippen LogP contribution in [0, 0.1) is 6.92 Å². The minimum absolute atomic E-state index is 0.294. The second-order valence-electron chi connectivity index (χ2n) is 5.54. The Labute approximate surface area is 148 Å². The summed E-state index contributed by atoms with van der Waals surface area (Å²) in [5, 5.41) is 4.41. The molecule has 0 aliphatic heterocycles. The first-order valence-corrected chi connectivity index (χ1v) is 8.26. The topological polar surface area (TPSA) is 72.9 Å². The van der Waals surface area contributed by atoms with E-state index in [4.69, 9.17) is 5.84 Å². The fraction of sp³-hybridized carbons (Fsp3) is 0.111. The Morgan fingerprint density at radius 1 is 1.17 bits per heavy atom. The van der Waals surface area contributed by atoms with Crippen LogP contribution in [-0.2, 0) is 6.54 Å². The molecule has 0 aliphatic carbocycles. The minimum atomic E-state index is -0.406. The predicted molar refractivity (Wildman–Crippen MR) is 97.3 cm³/mol. The highest BCUT2D eigenvalue weighted by Crippen LogP contribution is 2.24. The molecule has 24 heavy (non-hydrogen) atoms. The molecule has 6 heteroatoms. The lowest BCUT2D eigenvalue weighted by Gasteiger charge is -2.08. The van der Waals surface area contributed by atoms with Crippen LogP contribution in [0.5, 0.6) is 0 Å². The molecule has 0 unspecified atom stereocenters. The number of nitrogen functional groups attached to an aromatic ring is 1. The van der Waals surface area contributed by atoms with E-state index in [1.54, 1.807) is 6.07 Å². The first-order chi connectivity index (χ1) is 11.6. The van der Waals surface area contributed by atoms with Gasteiger partial charge in [0.1, 0.15) is 0 Å². The maximum Gasteiger partial charge on any atom is 0.285 e. The molecule has 0 radical (unpaired) electrons. The van der Waals surface area contributed by atoms with Crippen molar-refractivity contribution >= 4 is 21.8 Å². The zero-order valence-electron chi connectivity index (χ0n) is 13.2. The van der Waals surface area contributed by atoms with E-state index in [2.05, 4.69) is 57.6 Å². The molecule has 3 aromatic rings. The van der Waals surface area contributed by atoms with Gasteiger partial charge in [-0.25, -0.2) is 5.84 Å². The number of benzene rings is 2. The molecule has 3 N–H and O–H groups in total. The van der Waals surface area contributed by atoms with Gasteiger partial charge in [-0.2, -0.15) is 5.10 Å². The van der Waals surface area contributed by atoms with Crippen LogP contribution in [0.25, 0.3) is 11.3 Å². The van der Waals surface area contributed by atoms with Crippen LogP contribution in [0.2, 0.25) is 0 Å². The normalized spacial score (nSPS) is 10.6. The second-order valence-corrected chi connectivity index (χ2v) is 6.45. The largest absolute Gasteiger partial charge is 0.289 e. The van der Waals surface area contributed by atoms with Crippen LogP contribution >= 0.6 is 15.9 Å². The van der Waals surface area contributed by atoms with Crippen molar-refractivity contribution in [2.24, 2.45) is 5.84 Å². The molecule has 0 fully saturated rings. The maximum absolute atomic E-state index is 11.8. The number of amides is 1. The van der Waals surface area contributed by atoms with E-state index in [9.17, 15) is 4.79 Å². The first-order valence-electron chi connectivity index (χ1n) is 7.47. The fourth-order valence-corrected chi connectivity index (χ4v) is 2.71. The number of aryl methyl sites for hydroxylation is 1. The molecule has 5 nitrogen and oxygen atoms in total. The number of carbonyl (C=O) groups is 1. The Hall–Kier alpha value is -2.44. The molecule has 1 aromatic heterocycles. The van der Waals surface area contributed by atoms with Crippen molar-refractivity contribution < 1.29 is 4.79 Å². The van der Waals surface area contributed by atoms with Gasteiger partial charge in [0.2, 0.25) is 0 Å². The van der Waals surface area contributed by atoms with Gasteiger partial charge in [0.15, 0.2) is 5.69 Å². The van der Waals surface area contributed by atoms with Crippen molar-refractivity contribution in [3.05, 3.63) is 75.9 Å². The molecule has 0 bridgehead atoms. The Balaban J connectivity index is 2.02. The van der Waals surface area contributed by atoms with Crippen molar-refractivity contribution in [3.63, 3.8) is 0 Å². The van der Waals surface area contributed by atoms with E-state index < -0.39 is 5.91 Å². The lowest BCUT2D eigenvalue weighted by Crippen LogP contribution is -2.30. The second kappa shape index (κ2) is 6.98. The lowest BCUT2D eigenvalue weighted by atomic mass is 10.1. The average Bonchev–Trinajstić information content (AvgIpc) is 3.01. The SMILES string of the molecule is Cc1ccc(Cn2nc(C(=O)NN)cc2-c2ccc(Br)cc2)cc1. The first kappa shape index (κ1) is 16.4. The van der Waals surface area contributed by atoms with Gasteiger partial charge in [-0.05, 0) is 36.2 Å². The molecule has 122 valence electrons. The Morgan fingerprint density at radius 3 is 2.46 bits per heavy atom. The summed E-state index contributed by atoms with van der Waals surface area (Å²) >= 11 is 3.43.